The third-order valence-electron chi connectivity index (χ3n) is 2.34. The maximum atomic E-state index is 8.74. The van der Waals surface area contributed by atoms with Crippen LogP contribution in [-0.4, -0.2) is 16.9 Å². The van der Waals surface area contributed by atoms with Gasteiger partial charge < -0.3 is 9.63 Å². The molecule has 0 bridgehead atoms. The van der Waals surface area contributed by atoms with Crippen molar-refractivity contribution in [1.29, 1.82) is 0 Å². The van der Waals surface area contributed by atoms with E-state index in [1.807, 2.05) is 24.3 Å². The first kappa shape index (κ1) is 12.6. The normalized spacial score (nSPS) is 10.8. The van der Waals surface area contributed by atoms with Crippen LogP contribution >= 0.6 is 27.5 Å². The van der Waals surface area contributed by atoms with Crippen LogP contribution in [0.4, 0.5) is 0 Å². The van der Waals surface area contributed by atoms with Gasteiger partial charge in [0.25, 0.3) is 0 Å². The lowest BCUT2D eigenvalue weighted by molar-refractivity contribution is 0.280. The molecule has 1 N–H and O–H groups in total. The van der Waals surface area contributed by atoms with Crippen LogP contribution in [0.5, 0.6) is 0 Å². The first-order valence-corrected chi connectivity index (χ1v) is 6.39. The van der Waals surface area contributed by atoms with Gasteiger partial charge in [0.2, 0.25) is 0 Å². The van der Waals surface area contributed by atoms with Gasteiger partial charge >= 0.3 is 0 Å². The van der Waals surface area contributed by atoms with E-state index in [-0.39, 0.29) is 6.61 Å². The summed E-state index contributed by atoms with van der Waals surface area (Å²) in [6.45, 7) is 0.150. The standard InChI is InChI=1S/C12H11BrClNO2/c13-11-4-3-8(14)6-10(11)12-7-9(17-15-12)2-1-5-16/h3-4,6-7,16H,1-2,5H2. The lowest BCUT2D eigenvalue weighted by Crippen LogP contribution is -1.86. The average molecular weight is 317 g/mol. The molecule has 0 amide bonds. The molecule has 0 aliphatic rings. The summed E-state index contributed by atoms with van der Waals surface area (Å²) in [6.07, 6.45) is 1.35. The Labute approximate surface area is 113 Å². The lowest BCUT2D eigenvalue weighted by atomic mass is 10.1. The van der Waals surface area contributed by atoms with E-state index in [4.69, 9.17) is 21.2 Å². The summed E-state index contributed by atoms with van der Waals surface area (Å²) in [5, 5.41) is 13.4. The largest absolute Gasteiger partial charge is 0.396 e. The molecule has 0 aliphatic carbocycles. The van der Waals surface area contributed by atoms with Crippen molar-refractivity contribution in [2.75, 3.05) is 6.61 Å². The highest BCUT2D eigenvalue weighted by Crippen LogP contribution is 2.30. The van der Waals surface area contributed by atoms with Gasteiger partial charge in [-0.3, -0.25) is 0 Å². The fraction of sp³-hybridized carbons (Fsp3) is 0.250. The molecule has 17 heavy (non-hydrogen) atoms. The van der Waals surface area contributed by atoms with Crippen LogP contribution in [0.1, 0.15) is 12.2 Å². The van der Waals surface area contributed by atoms with E-state index < -0.39 is 0 Å². The fourth-order valence-corrected chi connectivity index (χ4v) is 2.13. The number of aliphatic hydroxyl groups is 1. The summed E-state index contributed by atoms with van der Waals surface area (Å²) in [7, 11) is 0. The SMILES string of the molecule is OCCCc1cc(-c2cc(Cl)ccc2Br)no1. The summed E-state index contributed by atoms with van der Waals surface area (Å²) in [5.74, 6) is 0.765. The van der Waals surface area contributed by atoms with Crippen LogP contribution in [0.15, 0.2) is 33.3 Å². The number of benzene rings is 1. The Morgan fingerprint density at radius 1 is 1.35 bits per heavy atom. The van der Waals surface area contributed by atoms with Gasteiger partial charge in [0.05, 0.1) is 0 Å². The Morgan fingerprint density at radius 3 is 2.94 bits per heavy atom. The second-order valence-electron chi connectivity index (χ2n) is 3.63. The van der Waals surface area contributed by atoms with Crippen LogP contribution in [0.3, 0.4) is 0 Å². The predicted molar refractivity (Wildman–Crippen MR) is 70.1 cm³/mol. The number of halogens is 2. The Morgan fingerprint density at radius 2 is 2.18 bits per heavy atom. The summed E-state index contributed by atoms with van der Waals surface area (Å²) < 4.78 is 6.11. The van der Waals surface area contributed by atoms with Crippen LogP contribution in [0.25, 0.3) is 11.3 Å². The highest BCUT2D eigenvalue weighted by atomic mass is 79.9. The van der Waals surface area contributed by atoms with Crippen LogP contribution in [0, 0.1) is 0 Å². The molecule has 90 valence electrons. The monoisotopic (exact) mass is 315 g/mol. The smallest absolute Gasteiger partial charge is 0.137 e. The zero-order valence-electron chi connectivity index (χ0n) is 8.99. The topological polar surface area (TPSA) is 46.3 Å². The third-order valence-corrected chi connectivity index (χ3v) is 3.27. The van der Waals surface area contributed by atoms with Crippen molar-refractivity contribution < 1.29 is 9.63 Å². The van der Waals surface area contributed by atoms with Crippen molar-refractivity contribution in [2.45, 2.75) is 12.8 Å². The molecule has 2 rings (SSSR count). The van der Waals surface area contributed by atoms with E-state index in [0.717, 1.165) is 21.5 Å². The summed E-state index contributed by atoms with van der Waals surface area (Å²) in [5.41, 5.74) is 1.64. The molecule has 1 aromatic carbocycles. The molecule has 0 aliphatic heterocycles. The van der Waals surface area contributed by atoms with Gasteiger partial charge in [-0.25, -0.2) is 0 Å². The predicted octanol–water partition coefficient (Wildman–Crippen LogP) is 3.68. The molecule has 0 radical (unpaired) electrons. The second kappa shape index (κ2) is 5.67. The Bertz CT molecular complexity index is 513. The molecule has 0 fully saturated rings. The van der Waals surface area contributed by atoms with E-state index in [2.05, 4.69) is 21.1 Å². The number of nitrogens with zero attached hydrogens (tertiary/aromatic N) is 1. The number of hydrogen-bond acceptors (Lipinski definition) is 3. The van der Waals surface area contributed by atoms with Crippen LogP contribution in [0.2, 0.25) is 5.02 Å². The van der Waals surface area contributed by atoms with Crippen molar-refractivity contribution in [3.05, 3.63) is 39.5 Å². The first-order chi connectivity index (χ1) is 8.20. The number of aliphatic hydroxyl groups excluding tert-OH is 1. The van der Waals surface area contributed by atoms with Gasteiger partial charge in [0.1, 0.15) is 11.5 Å². The molecule has 0 saturated heterocycles. The highest BCUT2D eigenvalue weighted by molar-refractivity contribution is 9.10. The van der Waals surface area contributed by atoms with Gasteiger partial charge in [-0.05, 0) is 24.6 Å². The Balaban J connectivity index is 2.27. The lowest BCUT2D eigenvalue weighted by Gasteiger charge is -1.99. The summed E-state index contributed by atoms with van der Waals surface area (Å²) >= 11 is 9.39. The average Bonchev–Trinajstić information content (AvgIpc) is 2.78. The van der Waals surface area contributed by atoms with Crippen molar-refractivity contribution in [2.24, 2.45) is 0 Å². The second-order valence-corrected chi connectivity index (χ2v) is 4.92. The number of aryl methyl sites for hydroxylation is 1. The molecule has 0 unspecified atom stereocenters. The Kier molecular flexibility index (Phi) is 4.20. The Hall–Kier alpha value is -0.840. The molecule has 5 heteroatoms. The minimum absolute atomic E-state index is 0.150. The quantitative estimate of drug-likeness (QED) is 0.936. The number of rotatable bonds is 4. The first-order valence-electron chi connectivity index (χ1n) is 5.22. The van der Waals surface area contributed by atoms with Gasteiger partial charge in [-0.2, -0.15) is 0 Å². The van der Waals surface area contributed by atoms with E-state index >= 15 is 0 Å². The maximum Gasteiger partial charge on any atom is 0.137 e. The van der Waals surface area contributed by atoms with E-state index in [1.165, 1.54) is 0 Å². The molecule has 1 aromatic heterocycles. The molecule has 2 aromatic rings. The fourth-order valence-electron chi connectivity index (χ4n) is 1.50. The third kappa shape index (κ3) is 3.09. The zero-order chi connectivity index (χ0) is 12.3. The van der Waals surface area contributed by atoms with E-state index in [0.29, 0.717) is 17.9 Å². The van der Waals surface area contributed by atoms with E-state index in [1.54, 1.807) is 0 Å². The minimum Gasteiger partial charge on any atom is -0.396 e. The van der Waals surface area contributed by atoms with Gasteiger partial charge in [0.15, 0.2) is 0 Å². The van der Waals surface area contributed by atoms with Crippen LogP contribution in [-0.2, 0) is 6.42 Å². The number of hydrogen-bond donors (Lipinski definition) is 1. The van der Waals surface area contributed by atoms with Crippen molar-refractivity contribution >= 4 is 27.5 Å². The van der Waals surface area contributed by atoms with E-state index in [9.17, 15) is 0 Å². The molecule has 1 heterocycles. The zero-order valence-corrected chi connectivity index (χ0v) is 11.3. The molecule has 0 spiro atoms. The van der Waals surface area contributed by atoms with Gasteiger partial charge in [-0.15, -0.1) is 0 Å². The number of aromatic nitrogens is 1. The summed E-state index contributed by atoms with van der Waals surface area (Å²) in [6, 6.07) is 7.38. The van der Waals surface area contributed by atoms with Gasteiger partial charge in [-0.1, -0.05) is 32.7 Å². The molecule has 0 atom stereocenters. The maximum absolute atomic E-state index is 8.74. The molecular weight excluding hydrogens is 305 g/mol. The van der Waals surface area contributed by atoms with Gasteiger partial charge in [0, 0.05) is 34.2 Å². The van der Waals surface area contributed by atoms with Crippen molar-refractivity contribution in [3.8, 4) is 11.3 Å². The summed E-state index contributed by atoms with van der Waals surface area (Å²) in [4.78, 5) is 0. The minimum atomic E-state index is 0.150. The highest BCUT2D eigenvalue weighted by Gasteiger charge is 2.10. The molecule has 0 saturated carbocycles. The van der Waals surface area contributed by atoms with Crippen LogP contribution < -0.4 is 0 Å². The van der Waals surface area contributed by atoms with Crippen molar-refractivity contribution in [3.63, 3.8) is 0 Å². The molecular formula is C12H11BrClNO2. The molecule has 3 nitrogen and oxygen atoms in total. The van der Waals surface area contributed by atoms with Crippen molar-refractivity contribution in [1.82, 2.24) is 5.16 Å².